The van der Waals surface area contributed by atoms with Crippen LogP contribution in [-0.4, -0.2) is 49.7 Å². The largest absolute Gasteiger partial charge is 0.490 e. The summed E-state index contributed by atoms with van der Waals surface area (Å²) in [7, 11) is 0. The minimum absolute atomic E-state index is 0.116. The first-order valence-electron chi connectivity index (χ1n) is 9.53. The molecule has 0 aliphatic heterocycles. The number of carbonyl (C=O) groups is 1. The van der Waals surface area contributed by atoms with E-state index in [1.54, 1.807) is 6.07 Å². The van der Waals surface area contributed by atoms with Crippen molar-refractivity contribution in [3.63, 3.8) is 0 Å². The summed E-state index contributed by atoms with van der Waals surface area (Å²) in [5.74, 6) is 1.26. The number of rotatable bonds is 11. The van der Waals surface area contributed by atoms with Crippen molar-refractivity contribution in [3.05, 3.63) is 60.2 Å². The molecule has 1 amide bonds. The Morgan fingerprint density at radius 3 is 2.37 bits per heavy atom. The Bertz CT molecular complexity index is 689. The first-order chi connectivity index (χ1) is 13.1. The molecule has 0 aliphatic rings. The molecule has 0 bridgehead atoms. The molecule has 1 N–H and O–H groups in total. The molecule has 2 rings (SSSR count). The van der Waals surface area contributed by atoms with E-state index in [4.69, 9.17) is 9.47 Å². The van der Waals surface area contributed by atoms with Crippen LogP contribution in [0, 0.1) is 0 Å². The molecule has 0 saturated heterocycles. The Morgan fingerprint density at radius 2 is 1.67 bits per heavy atom. The van der Waals surface area contributed by atoms with Crippen molar-refractivity contribution in [1.82, 2.24) is 10.2 Å². The van der Waals surface area contributed by atoms with Crippen molar-refractivity contribution < 1.29 is 14.3 Å². The molecule has 0 radical (unpaired) electrons. The molecule has 0 unspecified atom stereocenters. The number of amides is 1. The number of benzene rings is 2. The SMILES string of the molecule is CCN(CCNC(=O)c1ccccc1OCCOc1ccccc1)C(C)C. The average molecular weight is 370 g/mol. The zero-order valence-corrected chi connectivity index (χ0v) is 16.5. The molecule has 0 aliphatic carbocycles. The highest BCUT2D eigenvalue weighted by Crippen LogP contribution is 2.18. The van der Waals surface area contributed by atoms with Crippen LogP contribution in [0.4, 0.5) is 0 Å². The summed E-state index contributed by atoms with van der Waals surface area (Å²) < 4.78 is 11.4. The van der Waals surface area contributed by atoms with Gasteiger partial charge in [-0.1, -0.05) is 37.3 Å². The first kappa shape index (κ1) is 20.8. The number of likely N-dealkylation sites (N-methyl/N-ethyl adjacent to an activating group) is 1. The number of carbonyl (C=O) groups excluding carboxylic acids is 1. The summed E-state index contributed by atoms with van der Waals surface area (Å²) in [6.07, 6.45) is 0. The van der Waals surface area contributed by atoms with Crippen LogP contribution in [0.3, 0.4) is 0 Å². The van der Waals surface area contributed by atoms with Crippen LogP contribution in [0.25, 0.3) is 0 Å². The maximum Gasteiger partial charge on any atom is 0.255 e. The number of nitrogens with zero attached hydrogens (tertiary/aromatic N) is 1. The van der Waals surface area contributed by atoms with Gasteiger partial charge in [0, 0.05) is 19.1 Å². The molecule has 5 nitrogen and oxygen atoms in total. The van der Waals surface area contributed by atoms with Crippen LogP contribution in [-0.2, 0) is 0 Å². The molecule has 27 heavy (non-hydrogen) atoms. The van der Waals surface area contributed by atoms with E-state index in [-0.39, 0.29) is 5.91 Å². The predicted molar refractivity (Wildman–Crippen MR) is 109 cm³/mol. The fraction of sp³-hybridized carbons (Fsp3) is 0.409. The number of hydrogen-bond donors (Lipinski definition) is 1. The van der Waals surface area contributed by atoms with Crippen LogP contribution >= 0.6 is 0 Å². The van der Waals surface area contributed by atoms with E-state index < -0.39 is 0 Å². The third-order valence-corrected chi connectivity index (χ3v) is 4.31. The maximum atomic E-state index is 12.5. The topological polar surface area (TPSA) is 50.8 Å². The molecule has 2 aromatic carbocycles. The van der Waals surface area contributed by atoms with E-state index in [1.165, 1.54) is 0 Å². The monoisotopic (exact) mass is 370 g/mol. The van der Waals surface area contributed by atoms with E-state index in [9.17, 15) is 4.79 Å². The molecule has 2 aromatic rings. The minimum atomic E-state index is -0.116. The van der Waals surface area contributed by atoms with Gasteiger partial charge < -0.3 is 14.8 Å². The van der Waals surface area contributed by atoms with Crippen LogP contribution < -0.4 is 14.8 Å². The zero-order chi connectivity index (χ0) is 19.5. The summed E-state index contributed by atoms with van der Waals surface area (Å²) in [6, 6.07) is 17.4. The lowest BCUT2D eigenvalue weighted by Gasteiger charge is -2.24. The van der Waals surface area contributed by atoms with Crippen molar-refractivity contribution in [3.8, 4) is 11.5 Å². The maximum absolute atomic E-state index is 12.5. The Labute approximate surface area is 162 Å². The molecule has 0 aromatic heterocycles. The quantitative estimate of drug-likeness (QED) is 0.614. The van der Waals surface area contributed by atoms with Crippen LogP contribution in [0.15, 0.2) is 54.6 Å². The Hall–Kier alpha value is -2.53. The van der Waals surface area contributed by atoms with Gasteiger partial charge in [0.2, 0.25) is 0 Å². The molecule has 146 valence electrons. The second-order valence-electron chi connectivity index (χ2n) is 6.48. The Morgan fingerprint density at radius 1 is 1.00 bits per heavy atom. The lowest BCUT2D eigenvalue weighted by molar-refractivity contribution is 0.0940. The summed E-state index contributed by atoms with van der Waals surface area (Å²) >= 11 is 0. The minimum Gasteiger partial charge on any atom is -0.490 e. The van der Waals surface area contributed by atoms with Gasteiger partial charge in [-0.25, -0.2) is 0 Å². The number of hydrogen-bond acceptors (Lipinski definition) is 4. The van der Waals surface area contributed by atoms with Crippen LogP contribution in [0.1, 0.15) is 31.1 Å². The summed E-state index contributed by atoms with van der Waals surface area (Å²) in [4.78, 5) is 14.8. The van der Waals surface area contributed by atoms with Crippen LogP contribution in [0.5, 0.6) is 11.5 Å². The third kappa shape index (κ3) is 6.94. The van der Waals surface area contributed by atoms with E-state index in [0.29, 0.717) is 37.1 Å². The van der Waals surface area contributed by atoms with Crippen molar-refractivity contribution in [2.45, 2.75) is 26.8 Å². The van der Waals surface area contributed by atoms with Crippen LogP contribution in [0.2, 0.25) is 0 Å². The smallest absolute Gasteiger partial charge is 0.255 e. The normalized spacial score (nSPS) is 10.9. The summed E-state index contributed by atoms with van der Waals surface area (Å²) in [6.45, 7) is 9.63. The van der Waals surface area contributed by atoms with Gasteiger partial charge in [0.1, 0.15) is 24.7 Å². The predicted octanol–water partition coefficient (Wildman–Crippen LogP) is 3.60. The highest BCUT2D eigenvalue weighted by molar-refractivity contribution is 5.96. The highest BCUT2D eigenvalue weighted by atomic mass is 16.5. The second-order valence-corrected chi connectivity index (χ2v) is 6.48. The van der Waals surface area contributed by atoms with Gasteiger partial charge in [0.15, 0.2) is 0 Å². The van der Waals surface area contributed by atoms with Gasteiger partial charge in [-0.15, -0.1) is 0 Å². The van der Waals surface area contributed by atoms with Gasteiger partial charge in [-0.05, 0) is 44.7 Å². The van der Waals surface area contributed by atoms with Gasteiger partial charge >= 0.3 is 0 Å². The fourth-order valence-corrected chi connectivity index (χ4v) is 2.80. The fourth-order valence-electron chi connectivity index (χ4n) is 2.80. The standard InChI is InChI=1S/C22H30N2O3/c1-4-24(18(2)3)15-14-23-22(25)20-12-8-9-13-21(20)27-17-16-26-19-10-6-5-7-11-19/h5-13,18H,4,14-17H2,1-3H3,(H,23,25). The lowest BCUT2D eigenvalue weighted by Crippen LogP contribution is -2.38. The number of ether oxygens (including phenoxy) is 2. The van der Waals surface area contributed by atoms with Crippen molar-refractivity contribution in [2.24, 2.45) is 0 Å². The van der Waals surface area contributed by atoms with Crippen molar-refractivity contribution >= 4 is 5.91 Å². The van der Waals surface area contributed by atoms with Gasteiger partial charge in [-0.3, -0.25) is 9.69 Å². The first-order valence-corrected chi connectivity index (χ1v) is 9.53. The molecule has 0 atom stereocenters. The number of nitrogens with one attached hydrogen (secondary N) is 1. The Balaban J connectivity index is 1.82. The van der Waals surface area contributed by atoms with Gasteiger partial charge in [-0.2, -0.15) is 0 Å². The van der Waals surface area contributed by atoms with Crippen molar-refractivity contribution in [2.75, 3.05) is 32.8 Å². The molecule has 0 saturated carbocycles. The summed E-state index contributed by atoms with van der Waals surface area (Å²) in [5, 5.41) is 2.98. The summed E-state index contributed by atoms with van der Waals surface area (Å²) in [5.41, 5.74) is 0.546. The van der Waals surface area contributed by atoms with E-state index >= 15 is 0 Å². The van der Waals surface area contributed by atoms with E-state index in [1.807, 2.05) is 48.5 Å². The highest BCUT2D eigenvalue weighted by Gasteiger charge is 2.13. The van der Waals surface area contributed by atoms with Gasteiger partial charge in [0.25, 0.3) is 5.91 Å². The van der Waals surface area contributed by atoms with Crippen molar-refractivity contribution in [1.29, 1.82) is 0 Å². The molecule has 5 heteroatoms. The molecular weight excluding hydrogens is 340 g/mol. The van der Waals surface area contributed by atoms with E-state index in [0.717, 1.165) is 18.8 Å². The Kier molecular flexibility index (Phi) is 8.65. The second kappa shape index (κ2) is 11.2. The molecular formula is C22H30N2O3. The molecule has 0 heterocycles. The van der Waals surface area contributed by atoms with Gasteiger partial charge in [0.05, 0.1) is 5.56 Å². The number of para-hydroxylation sites is 2. The van der Waals surface area contributed by atoms with E-state index in [2.05, 4.69) is 31.0 Å². The third-order valence-electron chi connectivity index (χ3n) is 4.31. The zero-order valence-electron chi connectivity index (χ0n) is 16.5. The lowest BCUT2D eigenvalue weighted by atomic mass is 10.2. The molecule has 0 spiro atoms. The molecule has 0 fully saturated rings. The average Bonchev–Trinajstić information content (AvgIpc) is 2.69.